The molecule has 2 saturated heterocycles. The lowest BCUT2D eigenvalue weighted by Crippen LogP contribution is -2.07. The Bertz CT molecular complexity index is 385. The van der Waals surface area contributed by atoms with Crippen LogP contribution < -0.4 is 0 Å². The van der Waals surface area contributed by atoms with Crippen LogP contribution in [0.1, 0.15) is 17.2 Å². The molecule has 0 saturated carbocycles. The number of nitrogens with zero attached hydrogens (tertiary/aromatic N) is 1. The fraction of sp³-hybridized carbons (Fsp3) is 0.364. The average Bonchev–Trinajstić information content (AvgIpc) is 2.79. The van der Waals surface area contributed by atoms with E-state index >= 15 is 0 Å². The largest absolute Gasteiger partial charge is 0.447 e. The average molecular weight is 189 g/mol. The first-order valence-corrected chi connectivity index (χ1v) is 4.79. The molecule has 1 aromatic carbocycles. The minimum Gasteiger partial charge on any atom is -0.447 e. The molecule has 0 spiro atoms. The first-order chi connectivity index (χ1) is 6.77. The second kappa shape index (κ2) is 2.50. The van der Waals surface area contributed by atoms with Crippen molar-refractivity contribution < 1.29 is 9.53 Å². The van der Waals surface area contributed by atoms with E-state index in [-0.39, 0.29) is 12.1 Å². The van der Waals surface area contributed by atoms with E-state index in [0.717, 1.165) is 0 Å². The third-order valence-electron chi connectivity index (χ3n) is 2.94. The summed E-state index contributed by atoms with van der Waals surface area (Å²) < 4.78 is 4.88. The Kier molecular flexibility index (Phi) is 1.40. The molecule has 3 rings (SSSR count). The molecule has 2 heterocycles. The van der Waals surface area contributed by atoms with Crippen LogP contribution in [0.25, 0.3) is 0 Å². The van der Waals surface area contributed by atoms with Crippen LogP contribution in [-0.4, -0.2) is 23.6 Å². The molecular weight excluding hydrogens is 178 g/mol. The van der Waals surface area contributed by atoms with E-state index in [2.05, 4.69) is 31.2 Å². The topological polar surface area (TPSA) is 29.3 Å². The van der Waals surface area contributed by atoms with Crippen LogP contribution in [0.2, 0.25) is 0 Å². The molecular formula is C11H11NO2. The Morgan fingerprint density at radius 3 is 2.64 bits per heavy atom. The molecule has 2 aliphatic rings. The summed E-state index contributed by atoms with van der Waals surface area (Å²) >= 11 is 0. The second-order valence-corrected chi connectivity index (χ2v) is 3.91. The van der Waals surface area contributed by atoms with E-state index in [4.69, 9.17) is 4.74 Å². The number of aryl methyl sites for hydroxylation is 1. The molecule has 2 fully saturated rings. The van der Waals surface area contributed by atoms with Crippen molar-refractivity contribution in [2.45, 2.75) is 19.0 Å². The molecule has 3 nitrogen and oxygen atoms in total. The van der Waals surface area contributed by atoms with Crippen molar-refractivity contribution in [3.63, 3.8) is 0 Å². The molecule has 0 aromatic heterocycles. The second-order valence-electron chi connectivity index (χ2n) is 3.91. The van der Waals surface area contributed by atoms with Crippen molar-refractivity contribution in [3.8, 4) is 0 Å². The first kappa shape index (κ1) is 7.85. The van der Waals surface area contributed by atoms with Crippen molar-refractivity contribution >= 4 is 6.09 Å². The standard InChI is InChI=1S/C11H11NO2/c1-7-2-4-8(5-3-7)10-9-6-14-11(13)12(9)10/h2-5,9-10H,6H2,1H3/t9-,10-,12?/m1/s1. The van der Waals surface area contributed by atoms with Crippen LogP contribution in [0.3, 0.4) is 0 Å². The lowest BCUT2D eigenvalue weighted by atomic mass is 10.1. The zero-order chi connectivity index (χ0) is 9.71. The summed E-state index contributed by atoms with van der Waals surface area (Å²) in [5.41, 5.74) is 2.47. The smallest absolute Gasteiger partial charge is 0.410 e. The van der Waals surface area contributed by atoms with Crippen LogP contribution in [0.5, 0.6) is 0 Å². The Hall–Kier alpha value is -1.51. The Morgan fingerprint density at radius 1 is 1.36 bits per heavy atom. The summed E-state index contributed by atoms with van der Waals surface area (Å²) in [5.74, 6) is 0. The Balaban J connectivity index is 1.86. The van der Waals surface area contributed by atoms with Crippen molar-refractivity contribution in [2.24, 2.45) is 0 Å². The molecule has 0 bridgehead atoms. The van der Waals surface area contributed by atoms with E-state index in [1.165, 1.54) is 11.1 Å². The lowest BCUT2D eigenvalue weighted by molar-refractivity contribution is 0.155. The van der Waals surface area contributed by atoms with Crippen LogP contribution in [0, 0.1) is 6.92 Å². The summed E-state index contributed by atoms with van der Waals surface area (Å²) in [6, 6.07) is 8.91. The maximum Gasteiger partial charge on any atom is 0.410 e. The van der Waals surface area contributed by atoms with Gasteiger partial charge in [-0.25, -0.2) is 4.79 Å². The highest BCUT2D eigenvalue weighted by Crippen LogP contribution is 2.47. The minimum absolute atomic E-state index is 0.166. The fourth-order valence-electron chi connectivity index (χ4n) is 2.08. The quantitative estimate of drug-likeness (QED) is 0.631. The molecule has 14 heavy (non-hydrogen) atoms. The van der Waals surface area contributed by atoms with Crippen LogP contribution in [-0.2, 0) is 4.74 Å². The van der Waals surface area contributed by atoms with Gasteiger partial charge in [-0.15, -0.1) is 0 Å². The summed E-state index contributed by atoms with van der Waals surface area (Å²) in [6.45, 7) is 2.61. The number of amides is 1. The summed E-state index contributed by atoms with van der Waals surface area (Å²) in [7, 11) is 0. The highest BCUT2D eigenvalue weighted by Gasteiger charge is 2.57. The van der Waals surface area contributed by atoms with Gasteiger partial charge in [0.2, 0.25) is 0 Å². The van der Waals surface area contributed by atoms with Gasteiger partial charge in [-0.1, -0.05) is 29.8 Å². The summed E-state index contributed by atoms with van der Waals surface area (Å²) in [5, 5.41) is 0. The molecule has 1 aromatic rings. The van der Waals surface area contributed by atoms with E-state index in [0.29, 0.717) is 12.6 Å². The van der Waals surface area contributed by atoms with Gasteiger partial charge in [0.05, 0.1) is 12.1 Å². The SMILES string of the molecule is Cc1ccc([C@@H]2[C@H]3COC(=O)N32)cc1. The zero-order valence-corrected chi connectivity index (χ0v) is 7.93. The number of carbonyl (C=O) groups excluding carboxylic acids is 1. The summed E-state index contributed by atoms with van der Waals surface area (Å²) in [4.78, 5) is 13.0. The number of benzene rings is 1. The van der Waals surface area contributed by atoms with Gasteiger partial charge in [-0.05, 0) is 12.5 Å². The van der Waals surface area contributed by atoms with Gasteiger partial charge >= 0.3 is 6.09 Å². The number of fused-ring (bicyclic) bond motifs is 1. The molecule has 0 radical (unpaired) electrons. The normalized spacial score (nSPS) is 28.6. The minimum atomic E-state index is -0.166. The molecule has 3 heteroatoms. The molecule has 0 aliphatic carbocycles. The third-order valence-corrected chi connectivity index (χ3v) is 2.94. The molecule has 0 unspecified atom stereocenters. The van der Waals surface area contributed by atoms with E-state index in [1.54, 1.807) is 4.90 Å². The number of ether oxygens (including phenoxy) is 1. The van der Waals surface area contributed by atoms with Crippen molar-refractivity contribution in [1.82, 2.24) is 4.90 Å². The van der Waals surface area contributed by atoms with E-state index in [9.17, 15) is 4.79 Å². The van der Waals surface area contributed by atoms with E-state index < -0.39 is 0 Å². The molecule has 2 atom stereocenters. The van der Waals surface area contributed by atoms with Crippen molar-refractivity contribution in [2.75, 3.05) is 6.61 Å². The monoisotopic (exact) mass is 189 g/mol. The number of rotatable bonds is 1. The van der Waals surface area contributed by atoms with Crippen LogP contribution in [0.4, 0.5) is 4.79 Å². The Morgan fingerprint density at radius 2 is 2.07 bits per heavy atom. The molecule has 2 aliphatic heterocycles. The van der Waals surface area contributed by atoms with E-state index in [1.807, 2.05) is 0 Å². The van der Waals surface area contributed by atoms with Crippen molar-refractivity contribution in [3.05, 3.63) is 35.4 Å². The van der Waals surface area contributed by atoms with Gasteiger partial charge in [-0.3, -0.25) is 4.90 Å². The predicted molar refractivity (Wildman–Crippen MR) is 50.9 cm³/mol. The lowest BCUT2D eigenvalue weighted by Gasteiger charge is -2.03. The first-order valence-electron chi connectivity index (χ1n) is 4.79. The Labute approximate surface area is 82.3 Å². The van der Waals surface area contributed by atoms with Gasteiger partial charge in [0.1, 0.15) is 6.61 Å². The van der Waals surface area contributed by atoms with Crippen LogP contribution >= 0.6 is 0 Å². The molecule has 72 valence electrons. The molecule has 1 amide bonds. The summed E-state index contributed by atoms with van der Waals surface area (Å²) in [6.07, 6.45) is -0.166. The molecule has 0 N–H and O–H groups in total. The maximum atomic E-state index is 11.2. The number of cyclic esters (lactones) is 1. The number of carbonyl (C=O) groups is 1. The highest BCUT2D eigenvalue weighted by atomic mass is 16.6. The maximum absolute atomic E-state index is 11.2. The van der Waals surface area contributed by atoms with Gasteiger partial charge in [-0.2, -0.15) is 0 Å². The van der Waals surface area contributed by atoms with Gasteiger partial charge in [0.25, 0.3) is 0 Å². The number of hydrogen-bond acceptors (Lipinski definition) is 2. The van der Waals surface area contributed by atoms with Gasteiger partial charge in [0.15, 0.2) is 0 Å². The number of hydrogen-bond donors (Lipinski definition) is 0. The third kappa shape index (κ3) is 0.953. The predicted octanol–water partition coefficient (Wildman–Crippen LogP) is 1.87. The van der Waals surface area contributed by atoms with Gasteiger partial charge in [0, 0.05) is 0 Å². The van der Waals surface area contributed by atoms with Gasteiger partial charge < -0.3 is 4.74 Å². The zero-order valence-electron chi connectivity index (χ0n) is 7.93. The van der Waals surface area contributed by atoms with Crippen LogP contribution in [0.15, 0.2) is 24.3 Å². The van der Waals surface area contributed by atoms with Crippen molar-refractivity contribution in [1.29, 1.82) is 0 Å². The fourth-order valence-corrected chi connectivity index (χ4v) is 2.08. The highest BCUT2D eigenvalue weighted by molar-refractivity contribution is 5.75.